The number of fused-ring (bicyclic) bond motifs is 5. The Hall–Kier alpha value is -0.510. The summed E-state index contributed by atoms with van der Waals surface area (Å²) in [5.74, 6) is 2.09. The number of allylic oxidation sites excluding steroid dienone is 2. The lowest BCUT2D eigenvalue weighted by Gasteiger charge is -2.60. The van der Waals surface area contributed by atoms with Gasteiger partial charge in [0.1, 0.15) is 0 Å². The Balaban J connectivity index is 1.63. The Labute approximate surface area is 149 Å². The number of alkyl halides is 3. The Kier molecular flexibility index (Phi) is 3.93. The molecular formula is C21H31F3O. The zero-order chi connectivity index (χ0) is 18.1. The van der Waals surface area contributed by atoms with Crippen LogP contribution in [0.25, 0.3) is 0 Å². The normalized spacial score (nSPS) is 52.4. The molecule has 0 aromatic rings. The van der Waals surface area contributed by atoms with Crippen molar-refractivity contribution in [3.63, 3.8) is 0 Å². The average Bonchev–Trinajstić information content (AvgIpc) is 2.76. The monoisotopic (exact) mass is 356 g/mol. The second kappa shape index (κ2) is 5.50. The Morgan fingerprint density at radius 1 is 1.00 bits per heavy atom. The van der Waals surface area contributed by atoms with Crippen LogP contribution in [-0.4, -0.2) is 16.9 Å². The minimum atomic E-state index is -4.29. The van der Waals surface area contributed by atoms with Crippen LogP contribution in [-0.2, 0) is 0 Å². The molecule has 1 N–H and O–H groups in total. The van der Waals surface area contributed by atoms with Crippen molar-refractivity contribution >= 4 is 0 Å². The highest BCUT2D eigenvalue weighted by Gasteiger charge is 2.65. The molecule has 0 aromatic heterocycles. The van der Waals surface area contributed by atoms with Gasteiger partial charge < -0.3 is 5.11 Å². The molecule has 142 valence electrons. The van der Waals surface area contributed by atoms with Crippen molar-refractivity contribution < 1.29 is 18.3 Å². The molecule has 25 heavy (non-hydrogen) atoms. The fourth-order valence-corrected chi connectivity index (χ4v) is 7.57. The van der Waals surface area contributed by atoms with Crippen molar-refractivity contribution in [1.29, 1.82) is 0 Å². The van der Waals surface area contributed by atoms with Crippen LogP contribution in [0, 0.1) is 34.5 Å². The molecule has 0 aromatic carbocycles. The van der Waals surface area contributed by atoms with Crippen LogP contribution in [0.5, 0.6) is 0 Å². The van der Waals surface area contributed by atoms with Gasteiger partial charge in [-0.2, -0.15) is 13.2 Å². The minimum absolute atomic E-state index is 0.252. The molecule has 3 saturated carbocycles. The van der Waals surface area contributed by atoms with Crippen LogP contribution in [0.4, 0.5) is 13.2 Å². The minimum Gasteiger partial charge on any atom is -0.389 e. The van der Waals surface area contributed by atoms with E-state index in [1.807, 2.05) is 6.92 Å². The van der Waals surface area contributed by atoms with Gasteiger partial charge in [-0.15, -0.1) is 0 Å². The van der Waals surface area contributed by atoms with Gasteiger partial charge in [-0.3, -0.25) is 0 Å². The van der Waals surface area contributed by atoms with Crippen molar-refractivity contribution in [3.05, 3.63) is 12.2 Å². The molecule has 0 aliphatic heterocycles. The van der Waals surface area contributed by atoms with Gasteiger partial charge in [0, 0.05) is 0 Å². The van der Waals surface area contributed by atoms with Crippen LogP contribution in [0.1, 0.15) is 71.6 Å². The summed E-state index contributed by atoms with van der Waals surface area (Å²) in [6.07, 6.45) is 6.75. The quantitative estimate of drug-likeness (QED) is 0.582. The molecule has 0 bridgehead atoms. The van der Waals surface area contributed by atoms with Gasteiger partial charge in [-0.1, -0.05) is 26.0 Å². The summed E-state index contributed by atoms with van der Waals surface area (Å²) in [7, 11) is 0. The summed E-state index contributed by atoms with van der Waals surface area (Å²) in [6.45, 7) is 4.39. The molecule has 0 heterocycles. The number of rotatable bonds is 1. The molecule has 0 spiro atoms. The van der Waals surface area contributed by atoms with Crippen molar-refractivity contribution in [2.24, 2.45) is 34.5 Å². The Morgan fingerprint density at radius 2 is 1.72 bits per heavy atom. The smallest absolute Gasteiger partial charge is 0.389 e. The van der Waals surface area contributed by atoms with Crippen molar-refractivity contribution in [2.75, 3.05) is 0 Å². The van der Waals surface area contributed by atoms with E-state index in [-0.39, 0.29) is 5.92 Å². The highest BCUT2D eigenvalue weighted by molar-refractivity contribution is 5.15. The summed E-state index contributed by atoms with van der Waals surface area (Å²) in [6, 6.07) is 0. The zero-order valence-corrected chi connectivity index (χ0v) is 15.4. The summed E-state index contributed by atoms with van der Waals surface area (Å²) < 4.78 is 39.4. The first-order valence-corrected chi connectivity index (χ1v) is 10.0. The van der Waals surface area contributed by atoms with Crippen LogP contribution in [0.3, 0.4) is 0 Å². The standard InChI is InChI=1S/C21H31F3O/c1-18-10-4-3-5-14(18)6-7-15-16(18)8-11-19(2)17(15)9-12-20(19,25)13-21(22,23)24/h3-4,14-17,25H,5-13H2,1-2H3/t14-,15-,16+,17+,18+,19+,20-/m1/s1. The van der Waals surface area contributed by atoms with Crippen molar-refractivity contribution in [3.8, 4) is 0 Å². The van der Waals surface area contributed by atoms with Gasteiger partial charge in [-0.25, -0.2) is 0 Å². The van der Waals surface area contributed by atoms with E-state index < -0.39 is 23.6 Å². The largest absolute Gasteiger partial charge is 0.391 e. The molecular weight excluding hydrogens is 325 g/mol. The van der Waals surface area contributed by atoms with E-state index in [1.165, 1.54) is 12.8 Å². The molecule has 4 heteroatoms. The number of hydrogen-bond acceptors (Lipinski definition) is 1. The third-order valence-electron chi connectivity index (χ3n) is 9.02. The SMILES string of the molecule is C[C@]12CC=CC[C@@H]1CC[C@@H]1[C@@H]2CC[C@@]2(C)[C@H]1CC[C@@]2(O)CC(F)(F)F. The van der Waals surface area contributed by atoms with E-state index in [9.17, 15) is 18.3 Å². The molecule has 3 fully saturated rings. The van der Waals surface area contributed by atoms with E-state index >= 15 is 0 Å². The lowest BCUT2D eigenvalue weighted by molar-refractivity contribution is -0.214. The summed E-state index contributed by atoms with van der Waals surface area (Å²) in [5, 5.41) is 11.0. The van der Waals surface area contributed by atoms with E-state index in [1.54, 1.807) is 0 Å². The molecule has 7 atom stereocenters. The molecule has 1 nitrogen and oxygen atoms in total. The highest BCUT2D eigenvalue weighted by Crippen LogP contribution is 2.68. The second-order valence-electron chi connectivity index (χ2n) is 9.89. The summed E-state index contributed by atoms with van der Waals surface area (Å²) in [4.78, 5) is 0. The number of hydrogen-bond donors (Lipinski definition) is 1. The van der Waals surface area contributed by atoms with Crippen LogP contribution < -0.4 is 0 Å². The van der Waals surface area contributed by atoms with Crippen LogP contribution in [0.2, 0.25) is 0 Å². The topological polar surface area (TPSA) is 20.2 Å². The summed E-state index contributed by atoms with van der Waals surface area (Å²) >= 11 is 0. The van der Waals surface area contributed by atoms with Gasteiger partial charge in [0.05, 0.1) is 12.0 Å². The average molecular weight is 356 g/mol. The van der Waals surface area contributed by atoms with Crippen molar-refractivity contribution in [1.82, 2.24) is 0 Å². The molecule has 0 radical (unpaired) electrons. The maximum Gasteiger partial charge on any atom is 0.391 e. The van der Waals surface area contributed by atoms with Gasteiger partial charge in [0.25, 0.3) is 0 Å². The van der Waals surface area contributed by atoms with E-state index in [2.05, 4.69) is 19.1 Å². The second-order valence-corrected chi connectivity index (χ2v) is 9.89. The Bertz CT molecular complexity index is 570. The van der Waals surface area contributed by atoms with Crippen LogP contribution >= 0.6 is 0 Å². The lowest BCUT2D eigenvalue weighted by Crippen LogP contribution is -2.56. The third-order valence-corrected chi connectivity index (χ3v) is 9.02. The van der Waals surface area contributed by atoms with Gasteiger partial charge >= 0.3 is 6.18 Å². The van der Waals surface area contributed by atoms with Crippen LogP contribution in [0.15, 0.2) is 12.2 Å². The fourth-order valence-electron chi connectivity index (χ4n) is 7.57. The van der Waals surface area contributed by atoms with E-state index in [4.69, 9.17) is 0 Å². The van der Waals surface area contributed by atoms with Gasteiger partial charge in [0.2, 0.25) is 0 Å². The lowest BCUT2D eigenvalue weighted by atomic mass is 9.45. The molecule has 4 aliphatic rings. The van der Waals surface area contributed by atoms with Crippen molar-refractivity contribution in [2.45, 2.75) is 83.4 Å². The number of aliphatic hydroxyl groups is 1. The first kappa shape index (κ1) is 17.9. The highest BCUT2D eigenvalue weighted by atomic mass is 19.4. The Morgan fingerprint density at radius 3 is 2.44 bits per heavy atom. The first-order valence-electron chi connectivity index (χ1n) is 10.0. The molecule has 4 rings (SSSR count). The van der Waals surface area contributed by atoms with E-state index in [0.29, 0.717) is 23.7 Å². The third kappa shape index (κ3) is 2.53. The summed E-state index contributed by atoms with van der Waals surface area (Å²) in [5.41, 5.74) is -1.83. The maximum absolute atomic E-state index is 13.1. The predicted molar refractivity (Wildman–Crippen MR) is 91.9 cm³/mol. The fraction of sp³-hybridized carbons (Fsp3) is 0.905. The zero-order valence-electron chi connectivity index (χ0n) is 15.4. The maximum atomic E-state index is 13.1. The molecule has 0 saturated heterocycles. The van der Waals surface area contributed by atoms with Gasteiger partial charge in [0.15, 0.2) is 0 Å². The molecule has 0 amide bonds. The molecule has 4 aliphatic carbocycles. The van der Waals surface area contributed by atoms with E-state index in [0.717, 1.165) is 38.0 Å². The predicted octanol–water partition coefficient (Wildman–Crippen LogP) is 5.88. The van der Waals surface area contributed by atoms with Gasteiger partial charge in [-0.05, 0) is 85.9 Å². The first-order chi connectivity index (χ1) is 11.6. The number of halogens is 3. The molecule has 0 unspecified atom stereocenters.